The maximum atomic E-state index is 5.60. The van der Waals surface area contributed by atoms with Gasteiger partial charge in [-0.2, -0.15) is 9.61 Å². The van der Waals surface area contributed by atoms with Gasteiger partial charge in [0.2, 0.25) is 5.88 Å². The van der Waals surface area contributed by atoms with Crippen LogP contribution in [0.15, 0.2) is 76.7 Å². The number of ether oxygens (including phenoxy) is 2. The SMILES string of the molecule is COc1cccc(Sc2ccc3nc(-c4ccccc4)c(OC)n3n2)c1. The average Bonchev–Trinajstić information content (AvgIpc) is 3.06. The zero-order chi connectivity index (χ0) is 17.9. The van der Waals surface area contributed by atoms with Gasteiger partial charge in [0.05, 0.1) is 14.2 Å². The minimum Gasteiger partial charge on any atom is -0.497 e. The number of nitrogens with zero attached hydrogens (tertiary/aromatic N) is 3. The second-order valence-corrected chi connectivity index (χ2v) is 6.65. The van der Waals surface area contributed by atoms with Crippen LogP contribution in [-0.2, 0) is 0 Å². The summed E-state index contributed by atoms with van der Waals surface area (Å²) in [5.74, 6) is 1.45. The van der Waals surface area contributed by atoms with Crippen LogP contribution < -0.4 is 9.47 Å². The number of fused-ring (bicyclic) bond motifs is 1. The summed E-state index contributed by atoms with van der Waals surface area (Å²) in [4.78, 5) is 5.73. The molecule has 0 aliphatic heterocycles. The quantitative estimate of drug-likeness (QED) is 0.520. The fourth-order valence-corrected chi connectivity index (χ4v) is 3.53. The van der Waals surface area contributed by atoms with Crippen molar-refractivity contribution < 1.29 is 9.47 Å². The zero-order valence-electron chi connectivity index (χ0n) is 14.4. The number of methoxy groups -OCH3 is 2. The molecule has 0 spiro atoms. The molecule has 0 fully saturated rings. The molecule has 0 saturated heterocycles. The van der Waals surface area contributed by atoms with Crippen molar-refractivity contribution in [1.29, 1.82) is 0 Å². The molecule has 5 nitrogen and oxygen atoms in total. The third-order valence-corrected chi connectivity index (χ3v) is 4.83. The second-order valence-electron chi connectivity index (χ2n) is 5.56. The maximum absolute atomic E-state index is 5.60. The predicted molar refractivity (Wildman–Crippen MR) is 102 cm³/mol. The lowest BCUT2D eigenvalue weighted by Gasteiger charge is -2.05. The smallest absolute Gasteiger partial charge is 0.243 e. The van der Waals surface area contributed by atoms with E-state index in [4.69, 9.17) is 14.6 Å². The van der Waals surface area contributed by atoms with Crippen LogP contribution in [0.4, 0.5) is 0 Å². The third kappa shape index (κ3) is 3.11. The summed E-state index contributed by atoms with van der Waals surface area (Å²) in [7, 11) is 3.30. The van der Waals surface area contributed by atoms with Gasteiger partial charge in [-0.25, -0.2) is 4.98 Å². The maximum Gasteiger partial charge on any atom is 0.243 e. The highest BCUT2D eigenvalue weighted by molar-refractivity contribution is 7.99. The molecule has 0 unspecified atom stereocenters. The Balaban J connectivity index is 1.74. The van der Waals surface area contributed by atoms with Crippen molar-refractivity contribution in [2.75, 3.05) is 14.2 Å². The van der Waals surface area contributed by atoms with E-state index in [1.54, 1.807) is 30.5 Å². The topological polar surface area (TPSA) is 48.7 Å². The van der Waals surface area contributed by atoms with E-state index in [0.29, 0.717) is 5.88 Å². The lowest BCUT2D eigenvalue weighted by atomic mass is 10.2. The van der Waals surface area contributed by atoms with Crippen molar-refractivity contribution in [3.05, 3.63) is 66.7 Å². The number of hydrogen-bond acceptors (Lipinski definition) is 5. The van der Waals surface area contributed by atoms with E-state index in [1.807, 2.05) is 66.7 Å². The number of hydrogen-bond donors (Lipinski definition) is 0. The van der Waals surface area contributed by atoms with Crippen LogP contribution >= 0.6 is 11.8 Å². The second kappa shape index (κ2) is 7.09. The van der Waals surface area contributed by atoms with Crippen LogP contribution in [0.3, 0.4) is 0 Å². The van der Waals surface area contributed by atoms with Gasteiger partial charge in [0.1, 0.15) is 16.5 Å². The van der Waals surface area contributed by atoms with E-state index in [2.05, 4.69) is 4.98 Å². The van der Waals surface area contributed by atoms with E-state index in [9.17, 15) is 0 Å². The van der Waals surface area contributed by atoms with Crippen molar-refractivity contribution >= 4 is 17.4 Å². The zero-order valence-corrected chi connectivity index (χ0v) is 15.2. The molecule has 26 heavy (non-hydrogen) atoms. The molecule has 130 valence electrons. The van der Waals surface area contributed by atoms with Crippen molar-refractivity contribution in [2.24, 2.45) is 0 Å². The van der Waals surface area contributed by atoms with Crippen molar-refractivity contribution in [3.63, 3.8) is 0 Å². The Morgan fingerprint density at radius 3 is 2.50 bits per heavy atom. The molecular formula is C20H17N3O2S. The lowest BCUT2D eigenvalue weighted by Crippen LogP contribution is -1.97. The number of aromatic nitrogens is 3. The standard InChI is InChI=1S/C20H17N3O2S/c1-24-15-9-6-10-16(13-15)26-18-12-11-17-21-19(14-7-4-3-5-8-14)20(25-2)23(17)22-18/h3-13H,1-2H3. The molecular weight excluding hydrogens is 346 g/mol. The summed E-state index contributed by atoms with van der Waals surface area (Å²) in [5, 5.41) is 5.54. The summed E-state index contributed by atoms with van der Waals surface area (Å²) in [6.07, 6.45) is 0. The van der Waals surface area contributed by atoms with Gasteiger partial charge >= 0.3 is 0 Å². The Bertz CT molecular complexity index is 1050. The molecule has 0 aliphatic rings. The van der Waals surface area contributed by atoms with Crippen LogP contribution in [0.5, 0.6) is 11.6 Å². The Hall–Kier alpha value is -2.99. The monoisotopic (exact) mass is 363 g/mol. The summed E-state index contributed by atoms with van der Waals surface area (Å²) < 4.78 is 12.6. The van der Waals surface area contributed by atoms with Crippen molar-refractivity contribution in [3.8, 4) is 22.9 Å². The first-order valence-corrected chi connectivity index (χ1v) is 8.91. The molecule has 2 heterocycles. The highest BCUT2D eigenvalue weighted by Crippen LogP contribution is 2.32. The third-order valence-electron chi connectivity index (χ3n) is 3.92. The van der Waals surface area contributed by atoms with Crippen molar-refractivity contribution in [2.45, 2.75) is 9.92 Å². The number of imidazole rings is 1. The minimum absolute atomic E-state index is 0.624. The van der Waals surface area contributed by atoms with Crippen LogP contribution in [0, 0.1) is 0 Å². The first-order valence-electron chi connectivity index (χ1n) is 8.09. The highest BCUT2D eigenvalue weighted by atomic mass is 32.2. The van der Waals surface area contributed by atoms with Crippen LogP contribution in [-0.4, -0.2) is 28.8 Å². The summed E-state index contributed by atoms with van der Waals surface area (Å²) >= 11 is 1.56. The molecule has 6 heteroatoms. The van der Waals surface area contributed by atoms with Gasteiger partial charge in [-0.1, -0.05) is 48.2 Å². The normalized spacial score (nSPS) is 10.8. The molecule has 0 aliphatic carbocycles. The van der Waals surface area contributed by atoms with Crippen LogP contribution in [0.2, 0.25) is 0 Å². The number of rotatable bonds is 5. The van der Waals surface area contributed by atoms with E-state index >= 15 is 0 Å². The lowest BCUT2D eigenvalue weighted by molar-refractivity contribution is 0.387. The Labute approximate surface area is 155 Å². The molecule has 0 amide bonds. The molecule has 4 rings (SSSR count). The molecule has 2 aromatic carbocycles. The molecule has 0 atom stereocenters. The minimum atomic E-state index is 0.624. The Kier molecular flexibility index (Phi) is 4.50. The highest BCUT2D eigenvalue weighted by Gasteiger charge is 2.16. The van der Waals surface area contributed by atoms with Crippen LogP contribution in [0.1, 0.15) is 0 Å². The van der Waals surface area contributed by atoms with Gasteiger partial charge in [0, 0.05) is 10.5 Å². The molecule has 0 radical (unpaired) electrons. The molecule has 4 aromatic rings. The van der Waals surface area contributed by atoms with Gasteiger partial charge in [-0.05, 0) is 30.3 Å². The average molecular weight is 363 g/mol. The van der Waals surface area contributed by atoms with Gasteiger partial charge in [-0.15, -0.1) is 0 Å². The van der Waals surface area contributed by atoms with E-state index < -0.39 is 0 Å². The summed E-state index contributed by atoms with van der Waals surface area (Å²) in [6, 6.07) is 21.8. The predicted octanol–water partition coefficient (Wildman–Crippen LogP) is 4.56. The summed E-state index contributed by atoms with van der Waals surface area (Å²) in [5.41, 5.74) is 2.52. The number of benzene rings is 2. The fraction of sp³-hybridized carbons (Fsp3) is 0.100. The molecule has 0 N–H and O–H groups in total. The van der Waals surface area contributed by atoms with Gasteiger partial charge in [-0.3, -0.25) is 0 Å². The van der Waals surface area contributed by atoms with Crippen molar-refractivity contribution in [1.82, 2.24) is 14.6 Å². The van der Waals surface area contributed by atoms with E-state index in [1.165, 1.54) is 0 Å². The summed E-state index contributed by atoms with van der Waals surface area (Å²) in [6.45, 7) is 0. The van der Waals surface area contributed by atoms with Crippen LogP contribution in [0.25, 0.3) is 16.9 Å². The first-order chi connectivity index (χ1) is 12.8. The first kappa shape index (κ1) is 16.5. The van der Waals surface area contributed by atoms with E-state index in [0.717, 1.165) is 32.6 Å². The Morgan fingerprint density at radius 1 is 0.885 bits per heavy atom. The fourth-order valence-electron chi connectivity index (χ4n) is 2.70. The molecule has 2 aromatic heterocycles. The van der Waals surface area contributed by atoms with E-state index in [-0.39, 0.29) is 0 Å². The van der Waals surface area contributed by atoms with Gasteiger partial charge in [0.15, 0.2) is 5.65 Å². The molecule has 0 saturated carbocycles. The van der Waals surface area contributed by atoms with Gasteiger partial charge in [0.25, 0.3) is 0 Å². The van der Waals surface area contributed by atoms with Gasteiger partial charge < -0.3 is 9.47 Å². The largest absolute Gasteiger partial charge is 0.497 e. The Morgan fingerprint density at radius 2 is 1.73 bits per heavy atom. The molecule has 0 bridgehead atoms.